The highest BCUT2D eigenvalue weighted by Gasteiger charge is 2.27. The smallest absolute Gasteiger partial charge is 0.328 e. The van der Waals surface area contributed by atoms with Crippen molar-refractivity contribution in [3.63, 3.8) is 0 Å². The zero-order chi connectivity index (χ0) is 34.9. The molecule has 3 fully saturated rings. The number of nitrogens with zero attached hydrogens (tertiary/aromatic N) is 8. The number of imidazole rings is 1. The summed E-state index contributed by atoms with van der Waals surface area (Å²) in [6.07, 6.45) is 11.4. The molecule has 4 amide bonds. The molecule has 51 heavy (non-hydrogen) atoms. The largest absolute Gasteiger partial charge is 0.496 e. The number of benzene rings is 2. The second-order valence-electron chi connectivity index (χ2n) is 13.7. The fourth-order valence-corrected chi connectivity index (χ4v) is 7.65. The number of aromatic nitrogens is 5. The Kier molecular flexibility index (Phi) is 8.99. The summed E-state index contributed by atoms with van der Waals surface area (Å²) in [4.78, 5) is 47.9. The maximum atomic E-state index is 13.3. The highest BCUT2D eigenvalue weighted by Crippen LogP contribution is 2.35. The first-order valence-corrected chi connectivity index (χ1v) is 17.8. The molecule has 3 aliphatic rings. The van der Waals surface area contributed by atoms with E-state index in [9.17, 15) is 14.4 Å². The van der Waals surface area contributed by atoms with Crippen molar-refractivity contribution in [3.05, 3.63) is 72.7 Å². The van der Waals surface area contributed by atoms with Crippen LogP contribution in [0.25, 0.3) is 16.6 Å². The fraction of sp³-hybridized carbons (Fsp3) is 0.405. The average molecular weight is 691 g/mol. The first-order chi connectivity index (χ1) is 24.9. The van der Waals surface area contributed by atoms with Crippen molar-refractivity contribution in [2.75, 3.05) is 61.5 Å². The Morgan fingerprint density at radius 3 is 2.53 bits per heavy atom. The quantitative estimate of drug-likeness (QED) is 0.225. The van der Waals surface area contributed by atoms with E-state index in [2.05, 4.69) is 53.5 Å². The predicted molar refractivity (Wildman–Crippen MR) is 193 cm³/mol. The number of piperazine rings is 1. The molecule has 14 heteroatoms. The van der Waals surface area contributed by atoms with Crippen molar-refractivity contribution in [1.82, 2.24) is 34.6 Å². The molecule has 0 spiro atoms. The third-order valence-corrected chi connectivity index (χ3v) is 10.6. The van der Waals surface area contributed by atoms with Crippen LogP contribution in [0.3, 0.4) is 0 Å². The van der Waals surface area contributed by atoms with Crippen LogP contribution in [0.1, 0.15) is 54.9 Å². The minimum atomic E-state index is -0.353. The lowest BCUT2D eigenvalue weighted by Gasteiger charge is -2.37. The Morgan fingerprint density at radius 1 is 0.980 bits per heavy atom. The van der Waals surface area contributed by atoms with Crippen LogP contribution in [0, 0.1) is 5.92 Å². The zero-order valence-corrected chi connectivity index (χ0v) is 28.7. The first kappa shape index (κ1) is 32.7. The number of carbonyl (C=O) groups is 3. The molecule has 0 atom stereocenters. The van der Waals surface area contributed by atoms with Crippen LogP contribution in [0.15, 0.2) is 67.1 Å². The molecule has 1 aliphatic carbocycles. The summed E-state index contributed by atoms with van der Waals surface area (Å²) >= 11 is 0. The average Bonchev–Trinajstić information content (AvgIpc) is 3.78. The highest BCUT2D eigenvalue weighted by atomic mass is 16.5. The van der Waals surface area contributed by atoms with Crippen LogP contribution in [-0.2, 0) is 4.79 Å². The highest BCUT2D eigenvalue weighted by molar-refractivity contribution is 6.08. The molecule has 0 radical (unpaired) electrons. The molecule has 8 rings (SSSR count). The van der Waals surface area contributed by atoms with Crippen molar-refractivity contribution in [2.24, 2.45) is 5.92 Å². The summed E-state index contributed by atoms with van der Waals surface area (Å²) in [5.41, 5.74) is 3.86. The number of hydrogen-bond acceptors (Lipinski definition) is 9. The van der Waals surface area contributed by atoms with Crippen molar-refractivity contribution in [2.45, 2.75) is 44.6 Å². The van der Waals surface area contributed by atoms with Gasteiger partial charge in [0, 0.05) is 74.4 Å². The Bertz CT molecular complexity index is 2060. The maximum Gasteiger partial charge on any atom is 0.328 e. The van der Waals surface area contributed by atoms with Crippen LogP contribution >= 0.6 is 0 Å². The number of ether oxygens (including phenoxy) is 1. The van der Waals surface area contributed by atoms with Gasteiger partial charge < -0.3 is 15.0 Å². The van der Waals surface area contributed by atoms with Gasteiger partial charge >= 0.3 is 6.03 Å². The number of rotatable bonds is 9. The predicted octanol–water partition coefficient (Wildman–Crippen LogP) is 4.73. The van der Waals surface area contributed by atoms with Crippen LogP contribution in [0.4, 0.5) is 22.0 Å². The number of amides is 4. The van der Waals surface area contributed by atoms with E-state index in [-0.39, 0.29) is 17.8 Å². The third-order valence-electron chi connectivity index (χ3n) is 10.6. The second kappa shape index (κ2) is 14.0. The zero-order valence-electron chi connectivity index (χ0n) is 28.7. The number of carbonyl (C=O) groups excluding carboxylic acids is 3. The van der Waals surface area contributed by atoms with Gasteiger partial charge in [0.05, 0.1) is 30.4 Å². The number of urea groups is 1. The van der Waals surface area contributed by atoms with Gasteiger partial charge in [-0.1, -0.05) is 0 Å². The molecule has 14 nitrogen and oxygen atoms in total. The molecule has 2 N–H and O–H groups in total. The van der Waals surface area contributed by atoms with Gasteiger partial charge in [0.2, 0.25) is 5.91 Å². The van der Waals surface area contributed by atoms with Gasteiger partial charge in [0.25, 0.3) is 5.91 Å². The number of fused-ring (bicyclic) bond motifs is 2. The van der Waals surface area contributed by atoms with Crippen LogP contribution in [-0.4, -0.2) is 93.5 Å². The van der Waals surface area contributed by atoms with Gasteiger partial charge in [0.1, 0.15) is 5.75 Å². The molecular weight excluding hydrogens is 648 g/mol. The summed E-state index contributed by atoms with van der Waals surface area (Å²) in [6, 6.07) is 15.4. The Morgan fingerprint density at radius 2 is 1.76 bits per heavy atom. The molecule has 0 unspecified atom stereocenters. The van der Waals surface area contributed by atoms with E-state index in [1.165, 1.54) is 19.3 Å². The van der Waals surface area contributed by atoms with Crippen LogP contribution < -0.4 is 25.2 Å². The number of imide groups is 1. The topological polar surface area (TPSA) is 142 Å². The number of anilines is 3. The van der Waals surface area contributed by atoms with Crippen molar-refractivity contribution in [1.29, 1.82) is 0 Å². The van der Waals surface area contributed by atoms with E-state index in [0.29, 0.717) is 47.7 Å². The molecule has 1 saturated carbocycles. The second-order valence-corrected chi connectivity index (χ2v) is 13.7. The summed E-state index contributed by atoms with van der Waals surface area (Å²) in [6.45, 7) is 5.55. The van der Waals surface area contributed by atoms with Gasteiger partial charge in [-0.15, -0.1) is 0 Å². The van der Waals surface area contributed by atoms with Crippen molar-refractivity contribution >= 4 is 51.6 Å². The van der Waals surface area contributed by atoms with Crippen molar-refractivity contribution < 1.29 is 19.1 Å². The first-order valence-electron chi connectivity index (χ1n) is 17.8. The van der Waals surface area contributed by atoms with E-state index >= 15 is 0 Å². The number of methoxy groups -OCH3 is 1. The van der Waals surface area contributed by atoms with Crippen molar-refractivity contribution in [3.8, 4) is 5.75 Å². The summed E-state index contributed by atoms with van der Waals surface area (Å²) < 4.78 is 9.29. The van der Waals surface area contributed by atoms with Crippen LogP contribution in [0.5, 0.6) is 5.75 Å². The maximum absolute atomic E-state index is 13.3. The van der Waals surface area contributed by atoms with Gasteiger partial charge in [0.15, 0.2) is 11.5 Å². The monoisotopic (exact) mass is 690 g/mol. The lowest BCUT2D eigenvalue weighted by atomic mass is 9.84. The molecular formula is C37H42N10O4. The molecule has 2 saturated heterocycles. The Balaban J connectivity index is 0.814. The van der Waals surface area contributed by atoms with Crippen LogP contribution in [0.2, 0.25) is 0 Å². The van der Waals surface area contributed by atoms with Gasteiger partial charge in [-0.05, 0) is 87.0 Å². The molecule has 2 aromatic carbocycles. The van der Waals surface area contributed by atoms with Gasteiger partial charge in [-0.25, -0.2) is 9.78 Å². The van der Waals surface area contributed by atoms with Gasteiger partial charge in [-0.2, -0.15) is 14.7 Å². The molecule has 0 bridgehead atoms. The summed E-state index contributed by atoms with van der Waals surface area (Å²) in [5.74, 6) is 1.15. The third kappa shape index (κ3) is 6.83. The lowest BCUT2D eigenvalue weighted by Crippen LogP contribution is -2.49. The van der Waals surface area contributed by atoms with E-state index in [4.69, 9.17) is 9.84 Å². The van der Waals surface area contributed by atoms with E-state index < -0.39 is 0 Å². The standard InChI is InChI=1S/C37H42N10O4/c1-51-32-22-31-26(21-30(32)36(49)40-34-23-38-33-3-2-14-39-47(33)34)24-46(42-31)29-6-4-25(5-7-29)12-15-43-17-19-44(20-18-43)27-8-10-28(11-9-27)45-16-13-35(48)41-37(45)50/h2-3,8-11,14,21-25,29H,4-7,12-13,15-20H2,1H3,(H,40,49)(H,41,48,50). The minimum absolute atomic E-state index is 0.220. The SMILES string of the molecule is COc1cc2nn(C3CCC(CCN4CCN(c5ccc(N6CCC(=O)NC6=O)cc5)CC4)CC3)cc2cc1C(=O)Nc1cnc2cccnn12. The molecule has 2 aliphatic heterocycles. The van der Waals surface area contributed by atoms with E-state index in [1.54, 1.807) is 35.0 Å². The summed E-state index contributed by atoms with van der Waals surface area (Å²) in [5, 5.41) is 15.4. The van der Waals surface area contributed by atoms with Gasteiger partial charge in [-0.3, -0.25) is 29.4 Å². The normalized spacial score (nSPS) is 20.2. The minimum Gasteiger partial charge on any atom is -0.496 e. The lowest BCUT2D eigenvalue weighted by molar-refractivity contribution is -0.120. The Hall–Kier alpha value is -5.50. The van der Waals surface area contributed by atoms with E-state index in [1.807, 2.05) is 30.3 Å². The van der Waals surface area contributed by atoms with E-state index in [0.717, 1.165) is 67.8 Å². The number of nitrogens with one attached hydrogen (secondary N) is 2. The molecule has 264 valence electrons. The number of hydrogen-bond donors (Lipinski definition) is 2. The Labute approximate surface area is 295 Å². The molecule has 5 heterocycles. The molecule has 5 aromatic rings. The summed E-state index contributed by atoms with van der Waals surface area (Å²) in [7, 11) is 1.57. The molecule has 3 aromatic heterocycles. The fourth-order valence-electron chi connectivity index (χ4n) is 7.65.